The Morgan fingerprint density at radius 3 is 0.946 bits per heavy atom. The van der Waals surface area contributed by atoms with E-state index in [0.29, 0.717) is 0 Å². The molecule has 0 bridgehead atoms. The van der Waals surface area contributed by atoms with E-state index in [1.165, 1.54) is 0 Å². The molecule has 3 aliphatic rings. The molecule has 1 radical (unpaired) electrons. The van der Waals surface area contributed by atoms with Crippen molar-refractivity contribution < 1.29 is 28.5 Å². The fourth-order valence-corrected chi connectivity index (χ4v) is 3.43. The van der Waals surface area contributed by atoms with Crippen LogP contribution >= 0.6 is 0 Å². The molecule has 37 heavy (non-hydrogen) atoms. The fraction of sp³-hybridized carbons (Fsp3) is 0.0909. The van der Waals surface area contributed by atoms with Crippen molar-refractivity contribution in [1.29, 1.82) is 0 Å². The molecule has 3 atom stereocenters. The molecule has 0 spiro atoms. The molecule has 3 aromatic carbocycles. The van der Waals surface area contributed by atoms with Crippen molar-refractivity contribution in [2.45, 2.75) is 18.1 Å². The Morgan fingerprint density at radius 1 is 0.432 bits per heavy atom. The molecule has 3 N–H and O–H groups in total. The van der Waals surface area contributed by atoms with E-state index in [0.717, 1.165) is 32.6 Å². The van der Waals surface area contributed by atoms with Gasteiger partial charge in [-0.2, -0.15) is 0 Å². The van der Waals surface area contributed by atoms with Crippen LogP contribution in [0.25, 0.3) is 0 Å². The molecular formula is C33H33IrN3+2. The van der Waals surface area contributed by atoms with E-state index in [-0.39, 0.29) is 20.1 Å². The first-order valence-electron chi connectivity index (χ1n) is 14.6. The molecule has 0 aromatic heterocycles. The molecule has 6 rings (SSSR count). The summed E-state index contributed by atoms with van der Waals surface area (Å²) in [5, 5.41) is 3.42. The van der Waals surface area contributed by atoms with Crippen LogP contribution in [-0.2, 0) is 20.1 Å². The Bertz CT molecular complexity index is 1300. The van der Waals surface area contributed by atoms with E-state index >= 15 is 0 Å². The molecule has 3 unspecified atom stereocenters. The first-order chi connectivity index (χ1) is 20.2. The zero-order valence-corrected chi connectivity index (χ0v) is 22.7. The third-order valence-corrected chi connectivity index (χ3v) is 5.20. The Hall–Kier alpha value is -3.85. The summed E-state index contributed by atoms with van der Waals surface area (Å²) < 4.78 is 47.5. The Kier molecular flexibility index (Phi) is 8.75. The zero-order valence-electron chi connectivity index (χ0n) is 26.3. The van der Waals surface area contributed by atoms with Crippen LogP contribution in [0.5, 0.6) is 0 Å². The SMILES string of the molecule is [2H]N1C=CC=CC1([2H])c1ccccc1.[2H]N1C=CC=CC1([2H])c1ccccc1.[2H]N1C=CC=CC1([2H])c1ccccc1.[Ir+2]. The van der Waals surface area contributed by atoms with Crippen molar-refractivity contribution in [1.82, 2.24) is 15.9 Å². The number of nitrogens with one attached hydrogen (secondary N) is 3. The molecule has 0 aliphatic carbocycles. The minimum atomic E-state index is -1.09. The first kappa shape index (κ1) is 20.2. The monoisotopic (exact) mass is 670 g/mol. The van der Waals surface area contributed by atoms with Crippen LogP contribution in [0.2, 0.25) is 4.24 Å². The third-order valence-electron chi connectivity index (χ3n) is 5.20. The van der Waals surface area contributed by atoms with Crippen LogP contribution in [-0.4, -0.2) is 0 Å². The number of hydrogen-bond acceptors (Lipinski definition) is 3. The Labute approximate surface area is 243 Å². The zero-order chi connectivity index (χ0) is 30.1. The van der Waals surface area contributed by atoms with E-state index in [1.54, 1.807) is 73.3 Å². The largest absolute Gasteiger partial charge is 2.00 e. The summed E-state index contributed by atoms with van der Waals surface area (Å²) in [5.41, 5.74) is 2.40. The number of benzene rings is 3. The van der Waals surface area contributed by atoms with Crippen molar-refractivity contribution in [2.75, 3.05) is 0 Å². The predicted octanol–water partition coefficient (Wildman–Crippen LogP) is 7.20. The van der Waals surface area contributed by atoms with E-state index in [4.69, 9.17) is 8.35 Å². The van der Waals surface area contributed by atoms with Gasteiger partial charge in [0.2, 0.25) is 0 Å². The predicted molar refractivity (Wildman–Crippen MR) is 152 cm³/mol. The van der Waals surface area contributed by atoms with Crippen molar-refractivity contribution in [3.05, 3.63) is 181 Å². The second kappa shape index (κ2) is 16.0. The van der Waals surface area contributed by atoms with Gasteiger partial charge in [-0.15, -0.1) is 0 Å². The minimum absolute atomic E-state index is 0. The van der Waals surface area contributed by atoms with Gasteiger partial charge in [-0.25, -0.2) is 0 Å². The number of dihydropyridines is 3. The molecule has 0 saturated heterocycles. The number of hydrogen-bond donors (Lipinski definition) is 3. The third kappa shape index (κ3) is 9.27. The average Bonchev–Trinajstić information content (AvgIpc) is 3.04. The van der Waals surface area contributed by atoms with Gasteiger partial charge in [0.1, 0.15) is 0 Å². The maximum atomic E-state index is 8.17. The van der Waals surface area contributed by atoms with Crippen LogP contribution in [0.1, 0.15) is 38.9 Å². The summed E-state index contributed by atoms with van der Waals surface area (Å²) >= 11 is 0. The van der Waals surface area contributed by atoms with Gasteiger partial charge in [-0.05, 0) is 53.5 Å². The van der Waals surface area contributed by atoms with Crippen molar-refractivity contribution in [3.8, 4) is 0 Å². The van der Waals surface area contributed by atoms with Crippen LogP contribution in [0.3, 0.4) is 0 Å². The van der Waals surface area contributed by atoms with Gasteiger partial charge < -0.3 is 15.9 Å². The molecule has 3 nitrogen and oxygen atoms in total. The topological polar surface area (TPSA) is 36.1 Å². The second-order valence-electron chi connectivity index (χ2n) is 7.74. The summed E-state index contributed by atoms with van der Waals surface area (Å²) in [7, 11) is 0. The molecule has 4 heteroatoms. The molecule has 0 amide bonds. The summed E-state index contributed by atoms with van der Waals surface area (Å²) in [6, 6.07) is 24.9. The van der Waals surface area contributed by atoms with E-state index in [1.807, 2.05) is 91.0 Å². The normalized spacial score (nSPS) is 29.0. The van der Waals surface area contributed by atoms with Gasteiger partial charge in [-0.3, -0.25) is 0 Å². The molecule has 3 aliphatic heterocycles. The second-order valence-corrected chi connectivity index (χ2v) is 7.74. The fourth-order valence-electron chi connectivity index (χ4n) is 3.43. The molecule has 187 valence electrons. The van der Waals surface area contributed by atoms with Crippen molar-refractivity contribution in [3.63, 3.8) is 0 Å². The quantitative estimate of drug-likeness (QED) is 0.276. The van der Waals surface area contributed by atoms with Gasteiger partial charge in [0, 0.05) is 0 Å². The summed E-state index contributed by atoms with van der Waals surface area (Å²) in [5.74, 6) is 0. The number of allylic oxidation sites excluding steroid dienone is 6. The molecule has 0 saturated carbocycles. The summed E-state index contributed by atoms with van der Waals surface area (Å²) in [4.78, 5) is 0. The van der Waals surface area contributed by atoms with E-state index in [9.17, 15) is 0 Å². The Balaban J connectivity index is 0.000000175. The average molecular weight is 670 g/mol. The van der Waals surface area contributed by atoms with Crippen molar-refractivity contribution in [2.24, 2.45) is 0 Å². The maximum Gasteiger partial charge on any atom is 2.00 e. The smallest absolute Gasteiger partial charge is 0.381 e. The van der Waals surface area contributed by atoms with Gasteiger partial charge in [0.15, 0.2) is 4.24 Å². The van der Waals surface area contributed by atoms with E-state index < -0.39 is 18.1 Å². The van der Waals surface area contributed by atoms with Crippen LogP contribution in [0.4, 0.5) is 0 Å². The molecule has 3 aromatic rings. The molecule has 0 fully saturated rings. The first-order valence-corrected chi connectivity index (χ1v) is 11.8. The van der Waals surface area contributed by atoms with Crippen LogP contribution in [0.15, 0.2) is 164 Å². The standard InChI is InChI=1S/3C11H11N.Ir/c3*1-2-6-10(7-3-1)11-8-4-5-9-12-11;/h3*1-9,11-12H;/q;;;+2/i3*11D;/hD3. The maximum absolute atomic E-state index is 8.17. The van der Waals surface area contributed by atoms with Crippen molar-refractivity contribution >= 4 is 0 Å². The van der Waals surface area contributed by atoms with Crippen LogP contribution in [0, 0.1) is 0 Å². The van der Waals surface area contributed by atoms with Gasteiger partial charge >= 0.3 is 20.1 Å². The van der Waals surface area contributed by atoms with Gasteiger partial charge in [0.25, 0.3) is 0 Å². The van der Waals surface area contributed by atoms with E-state index in [2.05, 4.69) is 0 Å². The van der Waals surface area contributed by atoms with Gasteiger partial charge in [-0.1, -0.05) is 127 Å². The molecule has 3 heterocycles. The minimum Gasteiger partial charge on any atom is -0.381 e. The molecular weight excluding hydrogens is 631 g/mol. The van der Waals surface area contributed by atoms with Gasteiger partial charge in [0.05, 0.1) is 22.2 Å². The number of rotatable bonds is 3. The summed E-state index contributed by atoms with van der Waals surface area (Å²) in [6.45, 7) is 0. The Morgan fingerprint density at radius 2 is 0.703 bits per heavy atom. The van der Waals surface area contributed by atoms with Crippen LogP contribution < -0.4 is 15.9 Å². The summed E-state index contributed by atoms with van der Waals surface area (Å²) in [6.07, 6.45) is 20.5.